The van der Waals surface area contributed by atoms with Gasteiger partial charge in [-0.2, -0.15) is 0 Å². The standard InChI is InChI=1S/C15H29N5/c1-5-19(14-7-6-9-16-10-8-14)11-13-12-20(18-17-13)15(2,3)4/h12,14,16H,5-11H2,1-4H3. The highest BCUT2D eigenvalue weighted by atomic mass is 15.4. The fraction of sp³-hybridized carbons (Fsp3) is 0.867. The van der Waals surface area contributed by atoms with Crippen molar-refractivity contribution in [1.29, 1.82) is 0 Å². The number of hydrogen-bond acceptors (Lipinski definition) is 4. The summed E-state index contributed by atoms with van der Waals surface area (Å²) in [6.45, 7) is 13.0. The van der Waals surface area contributed by atoms with Crippen LogP contribution in [0.2, 0.25) is 0 Å². The van der Waals surface area contributed by atoms with Gasteiger partial charge in [0.15, 0.2) is 0 Å². The van der Waals surface area contributed by atoms with Gasteiger partial charge in [-0.15, -0.1) is 5.10 Å². The number of nitrogens with zero attached hydrogens (tertiary/aromatic N) is 4. The summed E-state index contributed by atoms with van der Waals surface area (Å²) in [7, 11) is 0. The molecule has 1 saturated heterocycles. The number of hydrogen-bond donors (Lipinski definition) is 1. The minimum absolute atomic E-state index is 0.00847. The molecule has 1 N–H and O–H groups in total. The van der Waals surface area contributed by atoms with Crippen LogP contribution in [-0.4, -0.2) is 45.6 Å². The van der Waals surface area contributed by atoms with E-state index in [0.29, 0.717) is 6.04 Å². The molecular formula is C15H29N5. The summed E-state index contributed by atoms with van der Waals surface area (Å²) in [5, 5.41) is 12.1. The number of aromatic nitrogens is 3. The Morgan fingerprint density at radius 1 is 1.35 bits per heavy atom. The van der Waals surface area contributed by atoms with E-state index in [2.05, 4.69) is 54.4 Å². The molecule has 20 heavy (non-hydrogen) atoms. The maximum Gasteiger partial charge on any atom is 0.0967 e. The van der Waals surface area contributed by atoms with E-state index in [1.165, 1.54) is 19.3 Å². The molecule has 0 radical (unpaired) electrons. The van der Waals surface area contributed by atoms with E-state index in [0.717, 1.165) is 31.9 Å². The van der Waals surface area contributed by atoms with Crippen LogP contribution in [-0.2, 0) is 12.1 Å². The molecule has 0 aliphatic carbocycles. The van der Waals surface area contributed by atoms with Crippen LogP contribution in [0.1, 0.15) is 52.7 Å². The normalized spacial score (nSPS) is 21.1. The second-order valence-corrected chi connectivity index (χ2v) is 6.72. The molecule has 0 amide bonds. The lowest BCUT2D eigenvalue weighted by Crippen LogP contribution is -2.35. The minimum atomic E-state index is 0.00847. The van der Waals surface area contributed by atoms with Crippen molar-refractivity contribution in [2.45, 2.75) is 65.1 Å². The fourth-order valence-electron chi connectivity index (χ4n) is 2.77. The molecule has 5 heteroatoms. The Kier molecular flexibility index (Phi) is 5.16. The summed E-state index contributed by atoms with van der Waals surface area (Å²) in [5.74, 6) is 0. The summed E-state index contributed by atoms with van der Waals surface area (Å²) in [6.07, 6.45) is 5.89. The largest absolute Gasteiger partial charge is 0.317 e. The Balaban J connectivity index is 2.00. The van der Waals surface area contributed by atoms with Crippen molar-refractivity contribution in [3.63, 3.8) is 0 Å². The van der Waals surface area contributed by atoms with E-state index < -0.39 is 0 Å². The maximum absolute atomic E-state index is 4.34. The molecule has 114 valence electrons. The lowest BCUT2D eigenvalue weighted by atomic mass is 10.1. The topological polar surface area (TPSA) is 46.0 Å². The molecule has 1 aromatic heterocycles. The first-order valence-electron chi connectivity index (χ1n) is 7.87. The molecule has 1 aromatic rings. The second kappa shape index (κ2) is 6.68. The maximum atomic E-state index is 4.34. The van der Waals surface area contributed by atoms with Crippen LogP contribution in [0, 0.1) is 0 Å². The van der Waals surface area contributed by atoms with Crippen molar-refractivity contribution in [2.24, 2.45) is 0 Å². The number of nitrogens with one attached hydrogen (secondary N) is 1. The van der Waals surface area contributed by atoms with Crippen molar-refractivity contribution in [3.8, 4) is 0 Å². The first-order valence-corrected chi connectivity index (χ1v) is 7.87. The summed E-state index contributed by atoms with van der Waals surface area (Å²) in [4.78, 5) is 2.55. The summed E-state index contributed by atoms with van der Waals surface area (Å²) < 4.78 is 1.96. The molecule has 0 aromatic carbocycles. The Bertz CT molecular complexity index is 399. The Morgan fingerprint density at radius 3 is 2.80 bits per heavy atom. The van der Waals surface area contributed by atoms with Gasteiger partial charge in [0.25, 0.3) is 0 Å². The molecule has 1 aliphatic heterocycles. The van der Waals surface area contributed by atoms with Gasteiger partial charge in [0, 0.05) is 12.6 Å². The second-order valence-electron chi connectivity index (χ2n) is 6.72. The van der Waals surface area contributed by atoms with E-state index in [-0.39, 0.29) is 5.54 Å². The van der Waals surface area contributed by atoms with Gasteiger partial charge >= 0.3 is 0 Å². The van der Waals surface area contributed by atoms with Gasteiger partial charge in [0.2, 0.25) is 0 Å². The quantitative estimate of drug-likeness (QED) is 0.915. The van der Waals surface area contributed by atoms with Crippen molar-refractivity contribution >= 4 is 0 Å². The Morgan fingerprint density at radius 2 is 2.15 bits per heavy atom. The Hall–Kier alpha value is -0.940. The van der Waals surface area contributed by atoms with Crippen LogP contribution < -0.4 is 5.32 Å². The summed E-state index contributed by atoms with van der Waals surface area (Å²) in [6, 6.07) is 0.676. The molecule has 0 bridgehead atoms. The van der Waals surface area contributed by atoms with Crippen LogP contribution in [0.3, 0.4) is 0 Å². The predicted octanol–water partition coefficient (Wildman–Crippen LogP) is 2.00. The predicted molar refractivity (Wildman–Crippen MR) is 81.6 cm³/mol. The van der Waals surface area contributed by atoms with Crippen molar-refractivity contribution in [3.05, 3.63) is 11.9 Å². The Labute approximate surface area is 122 Å². The van der Waals surface area contributed by atoms with E-state index >= 15 is 0 Å². The van der Waals surface area contributed by atoms with Gasteiger partial charge in [-0.1, -0.05) is 12.1 Å². The van der Waals surface area contributed by atoms with E-state index in [1.807, 2.05) is 4.68 Å². The van der Waals surface area contributed by atoms with Crippen molar-refractivity contribution < 1.29 is 0 Å². The first-order chi connectivity index (χ1) is 9.50. The third-order valence-corrected chi connectivity index (χ3v) is 4.06. The SMILES string of the molecule is CCN(Cc1cn(C(C)(C)C)nn1)C1CCCNCC1. The summed E-state index contributed by atoms with van der Waals surface area (Å²) >= 11 is 0. The monoisotopic (exact) mass is 279 g/mol. The van der Waals surface area contributed by atoms with E-state index in [9.17, 15) is 0 Å². The molecule has 1 aliphatic rings. The third kappa shape index (κ3) is 4.03. The lowest BCUT2D eigenvalue weighted by Gasteiger charge is -2.29. The lowest BCUT2D eigenvalue weighted by molar-refractivity contribution is 0.180. The average Bonchev–Trinajstić information content (AvgIpc) is 2.71. The van der Waals surface area contributed by atoms with Crippen molar-refractivity contribution in [2.75, 3.05) is 19.6 Å². The van der Waals surface area contributed by atoms with Crippen LogP contribution in [0.15, 0.2) is 6.20 Å². The molecular weight excluding hydrogens is 250 g/mol. The highest BCUT2D eigenvalue weighted by Crippen LogP contribution is 2.17. The molecule has 1 unspecified atom stereocenters. The van der Waals surface area contributed by atoms with Crippen LogP contribution in [0.25, 0.3) is 0 Å². The van der Waals surface area contributed by atoms with Gasteiger partial charge in [-0.25, -0.2) is 4.68 Å². The zero-order valence-electron chi connectivity index (χ0n) is 13.4. The molecule has 0 saturated carbocycles. The highest BCUT2D eigenvalue weighted by molar-refractivity contribution is 4.95. The zero-order chi connectivity index (χ0) is 14.6. The van der Waals surface area contributed by atoms with Gasteiger partial charge in [-0.05, 0) is 59.7 Å². The molecule has 1 atom stereocenters. The smallest absolute Gasteiger partial charge is 0.0967 e. The number of rotatable bonds is 4. The van der Waals surface area contributed by atoms with Gasteiger partial charge in [-0.3, -0.25) is 4.90 Å². The average molecular weight is 279 g/mol. The van der Waals surface area contributed by atoms with Gasteiger partial charge in [0.1, 0.15) is 0 Å². The molecule has 0 spiro atoms. The fourth-order valence-corrected chi connectivity index (χ4v) is 2.77. The molecule has 2 rings (SSSR count). The minimum Gasteiger partial charge on any atom is -0.317 e. The van der Waals surface area contributed by atoms with Crippen molar-refractivity contribution in [1.82, 2.24) is 25.2 Å². The van der Waals surface area contributed by atoms with Crippen LogP contribution >= 0.6 is 0 Å². The third-order valence-electron chi connectivity index (χ3n) is 4.06. The van der Waals surface area contributed by atoms with Gasteiger partial charge < -0.3 is 5.32 Å². The van der Waals surface area contributed by atoms with E-state index in [1.54, 1.807) is 0 Å². The van der Waals surface area contributed by atoms with Crippen LogP contribution in [0.4, 0.5) is 0 Å². The molecule has 1 fully saturated rings. The van der Waals surface area contributed by atoms with E-state index in [4.69, 9.17) is 0 Å². The zero-order valence-corrected chi connectivity index (χ0v) is 13.4. The van der Waals surface area contributed by atoms with Crippen LogP contribution in [0.5, 0.6) is 0 Å². The van der Waals surface area contributed by atoms with Gasteiger partial charge in [0.05, 0.1) is 17.4 Å². The molecule has 2 heterocycles. The highest BCUT2D eigenvalue weighted by Gasteiger charge is 2.21. The molecule has 5 nitrogen and oxygen atoms in total. The first kappa shape index (κ1) is 15.4. The summed E-state index contributed by atoms with van der Waals surface area (Å²) in [5.41, 5.74) is 1.09.